The summed E-state index contributed by atoms with van der Waals surface area (Å²) >= 11 is 7.42. The van der Waals surface area contributed by atoms with Gasteiger partial charge in [-0.15, -0.1) is 0 Å². The van der Waals surface area contributed by atoms with E-state index in [1.54, 1.807) is 0 Å². The predicted molar refractivity (Wildman–Crippen MR) is 90.2 cm³/mol. The molecule has 0 aromatic heterocycles. The fourth-order valence-electron chi connectivity index (χ4n) is 1.87. The molecule has 3 heteroatoms. The third-order valence-electron chi connectivity index (χ3n) is 2.70. The van der Waals surface area contributed by atoms with Gasteiger partial charge in [0.25, 0.3) is 0 Å². The van der Waals surface area contributed by atoms with Crippen LogP contribution >= 0.6 is 39.8 Å². The largest absolute Gasteiger partial charge is 0.0928 e. The van der Waals surface area contributed by atoms with Gasteiger partial charge in [-0.25, -0.2) is 0 Å². The van der Waals surface area contributed by atoms with Crippen molar-refractivity contribution < 1.29 is 0 Å². The minimum atomic E-state index is -0.331. The molecule has 0 heterocycles. The van der Waals surface area contributed by atoms with E-state index < -0.39 is 0 Å². The summed E-state index contributed by atoms with van der Waals surface area (Å²) < 4.78 is 0.511. The molecule has 0 amide bonds. The van der Waals surface area contributed by atoms with Gasteiger partial charge in [0.15, 0.2) is 0 Å². The smallest absolute Gasteiger partial charge is 0.0435 e. The Morgan fingerprint density at radius 2 is 1.28 bits per heavy atom. The van der Waals surface area contributed by atoms with Crippen LogP contribution in [0.5, 0.6) is 0 Å². The Hall–Kier alpha value is -0.170. The normalized spacial score (nSPS) is 12.6. The zero-order valence-corrected chi connectivity index (χ0v) is 14.0. The van der Waals surface area contributed by atoms with Crippen LogP contribution < -0.4 is 10.6 Å². The predicted octanol–water partition coefficient (Wildman–Crippen LogP) is 4.63. The topological polar surface area (TPSA) is 0 Å². The van der Waals surface area contributed by atoms with Gasteiger partial charge in [-0.3, -0.25) is 0 Å². The van der Waals surface area contributed by atoms with Gasteiger partial charge in [-0.1, -0.05) is 92.5 Å². The monoisotopic (exact) mass is 384 g/mol. The summed E-state index contributed by atoms with van der Waals surface area (Å²) in [5.74, 6) is 0. The molecule has 0 fully saturated rings. The average Bonchev–Trinajstić information content (AvgIpc) is 2.42. The van der Waals surface area contributed by atoms with E-state index in [2.05, 4.69) is 92.5 Å². The summed E-state index contributed by atoms with van der Waals surface area (Å²) in [6.45, 7) is 0. The first-order chi connectivity index (χ1) is 8.83. The molecule has 0 bridgehead atoms. The number of benzene rings is 2. The number of rotatable bonds is 5. The van der Waals surface area contributed by atoms with Crippen molar-refractivity contribution in [2.75, 3.05) is 5.33 Å². The standard InChI is InChI=1S/C15H15Br2P/c16-12-11-15(17)18(13-7-3-1-4-8-13)14-9-5-2-6-10-14/h1-10,15H,11-12H2. The third-order valence-corrected chi connectivity index (χ3v) is 7.37. The molecule has 2 rings (SSSR count). The molecule has 0 N–H and O–H groups in total. The molecule has 1 atom stereocenters. The van der Waals surface area contributed by atoms with Crippen LogP contribution in [0.4, 0.5) is 0 Å². The molecule has 2 aromatic carbocycles. The molecule has 0 spiro atoms. The van der Waals surface area contributed by atoms with Gasteiger partial charge in [0.05, 0.1) is 0 Å². The second kappa shape index (κ2) is 7.43. The first-order valence-corrected chi connectivity index (χ1v) is 9.37. The summed E-state index contributed by atoms with van der Waals surface area (Å²) in [5, 5.41) is 3.89. The zero-order valence-electron chi connectivity index (χ0n) is 9.97. The lowest BCUT2D eigenvalue weighted by molar-refractivity contribution is 1.09. The highest BCUT2D eigenvalue weighted by molar-refractivity contribution is 9.11. The molecular formula is C15H15Br2P. The lowest BCUT2D eigenvalue weighted by atomic mass is 10.4. The van der Waals surface area contributed by atoms with Crippen molar-refractivity contribution in [2.24, 2.45) is 0 Å². The third kappa shape index (κ3) is 3.66. The second-order valence-corrected chi connectivity index (χ2v) is 8.96. The van der Waals surface area contributed by atoms with Crippen molar-refractivity contribution in [3.63, 3.8) is 0 Å². The molecule has 0 saturated carbocycles. The lowest BCUT2D eigenvalue weighted by Gasteiger charge is -2.23. The number of halogens is 2. The second-order valence-electron chi connectivity index (χ2n) is 3.95. The van der Waals surface area contributed by atoms with Crippen molar-refractivity contribution in [2.45, 2.75) is 11.0 Å². The summed E-state index contributed by atoms with van der Waals surface area (Å²) in [5.41, 5.74) is 0. The van der Waals surface area contributed by atoms with Gasteiger partial charge >= 0.3 is 0 Å². The molecular weight excluding hydrogens is 371 g/mol. The molecule has 0 aliphatic carbocycles. The van der Waals surface area contributed by atoms with Crippen LogP contribution in [-0.4, -0.2) is 9.90 Å². The highest BCUT2D eigenvalue weighted by atomic mass is 79.9. The highest BCUT2D eigenvalue weighted by Crippen LogP contribution is 2.44. The Morgan fingerprint density at radius 3 is 1.67 bits per heavy atom. The molecule has 0 aliphatic rings. The molecule has 0 nitrogen and oxygen atoms in total. The molecule has 94 valence electrons. The fourth-order valence-corrected chi connectivity index (χ4v) is 7.26. The SMILES string of the molecule is BrCCC(Br)P(c1ccccc1)c1ccccc1. The van der Waals surface area contributed by atoms with Crippen LogP contribution in [0.2, 0.25) is 0 Å². The maximum absolute atomic E-state index is 3.88. The van der Waals surface area contributed by atoms with Gasteiger partial charge < -0.3 is 0 Å². The number of alkyl halides is 2. The van der Waals surface area contributed by atoms with Crippen LogP contribution in [0.15, 0.2) is 60.7 Å². The molecule has 1 unspecified atom stereocenters. The Kier molecular flexibility index (Phi) is 5.88. The van der Waals surface area contributed by atoms with E-state index in [0.717, 1.165) is 11.8 Å². The maximum atomic E-state index is 3.88. The van der Waals surface area contributed by atoms with Crippen molar-refractivity contribution >= 4 is 50.4 Å². The van der Waals surface area contributed by atoms with Crippen LogP contribution in [0.1, 0.15) is 6.42 Å². The van der Waals surface area contributed by atoms with E-state index in [0.29, 0.717) is 4.57 Å². The number of hydrogen-bond acceptors (Lipinski definition) is 0. The van der Waals surface area contributed by atoms with E-state index in [4.69, 9.17) is 0 Å². The number of hydrogen-bond donors (Lipinski definition) is 0. The van der Waals surface area contributed by atoms with Crippen molar-refractivity contribution in [3.8, 4) is 0 Å². The van der Waals surface area contributed by atoms with E-state index in [-0.39, 0.29) is 7.92 Å². The minimum Gasteiger partial charge on any atom is -0.0928 e. The van der Waals surface area contributed by atoms with E-state index >= 15 is 0 Å². The van der Waals surface area contributed by atoms with E-state index in [1.165, 1.54) is 10.6 Å². The van der Waals surface area contributed by atoms with Crippen molar-refractivity contribution in [1.29, 1.82) is 0 Å². The van der Waals surface area contributed by atoms with Crippen LogP contribution in [-0.2, 0) is 0 Å². The van der Waals surface area contributed by atoms with E-state index in [1.807, 2.05) is 0 Å². The van der Waals surface area contributed by atoms with Gasteiger partial charge in [0.1, 0.15) is 0 Å². The Morgan fingerprint density at radius 1 is 0.833 bits per heavy atom. The first kappa shape index (κ1) is 14.2. The molecule has 0 aliphatic heterocycles. The summed E-state index contributed by atoms with van der Waals surface area (Å²) in [4.78, 5) is 0. The Balaban J connectivity index is 2.35. The van der Waals surface area contributed by atoms with Crippen LogP contribution in [0, 0.1) is 0 Å². The van der Waals surface area contributed by atoms with Crippen molar-refractivity contribution in [3.05, 3.63) is 60.7 Å². The van der Waals surface area contributed by atoms with Gasteiger partial charge in [0, 0.05) is 9.90 Å². The summed E-state index contributed by atoms with van der Waals surface area (Å²) in [6, 6.07) is 21.6. The first-order valence-electron chi connectivity index (χ1n) is 5.92. The molecule has 2 aromatic rings. The highest BCUT2D eigenvalue weighted by Gasteiger charge is 2.21. The van der Waals surface area contributed by atoms with Crippen LogP contribution in [0.25, 0.3) is 0 Å². The zero-order chi connectivity index (χ0) is 12.8. The van der Waals surface area contributed by atoms with Gasteiger partial charge in [0.2, 0.25) is 0 Å². The Bertz CT molecular complexity index is 419. The van der Waals surface area contributed by atoms with Crippen LogP contribution in [0.3, 0.4) is 0 Å². The minimum absolute atomic E-state index is 0.331. The lowest BCUT2D eigenvalue weighted by Crippen LogP contribution is -2.18. The average molecular weight is 386 g/mol. The summed E-state index contributed by atoms with van der Waals surface area (Å²) in [6.07, 6.45) is 1.13. The van der Waals surface area contributed by atoms with Crippen molar-refractivity contribution in [1.82, 2.24) is 0 Å². The fraction of sp³-hybridized carbons (Fsp3) is 0.200. The summed E-state index contributed by atoms with van der Waals surface area (Å²) in [7, 11) is -0.331. The van der Waals surface area contributed by atoms with Gasteiger partial charge in [-0.2, -0.15) is 0 Å². The van der Waals surface area contributed by atoms with Gasteiger partial charge in [-0.05, 0) is 25.0 Å². The van der Waals surface area contributed by atoms with E-state index in [9.17, 15) is 0 Å². The quantitative estimate of drug-likeness (QED) is 0.520. The maximum Gasteiger partial charge on any atom is 0.0435 e. The molecule has 18 heavy (non-hydrogen) atoms. The molecule has 0 saturated heterocycles. The Labute approximate surface area is 127 Å². The molecule has 0 radical (unpaired) electrons.